The normalized spacial score (nSPS) is 13.4. The molecule has 166 valence electrons. The third kappa shape index (κ3) is 5.33. The van der Waals surface area contributed by atoms with Gasteiger partial charge < -0.3 is 20.5 Å². The van der Waals surface area contributed by atoms with Crippen molar-refractivity contribution < 1.29 is 14.3 Å². The number of hydrogen-bond acceptors (Lipinski definition) is 6. The molecule has 0 bridgehead atoms. The number of primary amides is 1. The van der Waals surface area contributed by atoms with Gasteiger partial charge in [-0.05, 0) is 42.7 Å². The fourth-order valence-corrected chi connectivity index (χ4v) is 3.46. The molecule has 8 heteroatoms. The van der Waals surface area contributed by atoms with Gasteiger partial charge in [-0.1, -0.05) is 30.3 Å². The zero-order valence-corrected chi connectivity index (χ0v) is 17.7. The summed E-state index contributed by atoms with van der Waals surface area (Å²) in [6.07, 6.45) is 3.33. The summed E-state index contributed by atoms with van der Waals surface area (Å²) in [7, 11) is 0. The third-order valence-electron chi connectivity index (χ3n) is 5.18. The first-order valence-electron chi connectivity index (χ1n) is 10.6. The maximum atomic E-state index is 13.0. The molecule has 2 heterocycles. The highest BCUT2D eigenvalue weighted by atomic mass is 16.6. The van der Waals surface area contributed by atoms with Gasteiger partial charge in [0.2, 0.25) is 5.91 Å². The summed E-state index contributed by atoms with van der Waals surface area (Å²) < 4.78 is 12.2. The molecule has 32 heavy (non-hydrogen) atoms. The van der Waals surface area contributed by atoms with Crippen LogP contribution in [0.2, 0.25) is 0 Å². The number of aromatic nitrogens is 2. The predicted molar refractivity (Wildman–Crippen MR) is 122 cm³/mol. The predicted octanol–water partition coefficient (Wildman–Crippen LogP) is 2.22. The van der Waals surface area contributed by atoms with Gasteiger partial charge in [-0.3, -0.25) is 14.2 Å². The Labute approximate surface area is 186 Å². The Hall–Kier alpha value is -3.65. The lowest BCUT2D eigenvalue weighted by molar-refractivity contribution is -0.118. The van der Waals surface area contributed by atoms with Crippen molar-refractivity contribution in [1.82, 2.24) is 9.55 Å². The van der Waals surface area contributed by atoms with Gasteiger partial charge in [-0.2, -0.15) is 0 Å². The lowest BCUT2D eigenvalue weighted by atomic mass is 10.1. The van der Waals surface area contributed by atoms with Gasteiger partial charge in [-0.15, -0.1) is 0 Å². The first kappa shape index (κ1) is 21.6. The minimum atomic E-state index is -0.610. The van der Waals surface area contributed by atoms with Crippen LogP contribution in [0.4, 0.5) is 5.69 Å². The SMILES string of the molecule is NC(=O)Cn1c(-c2ccc(OC3COC3)cc2)ncc(NCCCc2ccccc2)c1=O. The molecular formula is C24H26N4O4. The monoisotopic (exact) mass is 434 g/mol. The van der Waals surface area contributed by atoms with Crippen molar-refractivity contribution in [1.29, 1.82) is 0 Å². The summed E-state index contributed by atoms with van der Waals surface area (Å²) in [6.45, 7) is 1.53. The van der Waals surface area contributed by atoms with Crippen molar-refractivity contribution in [3.8, 4) is 17.1 Å². The zero-order valence-electron chi connectivity index (χ0n) is 17.7. The number of benzene rings is 2. The number of nitrogens with one attached hydrogen (secondary N) is 1. The molecule has 1 amide bonds. The van der Waals surface area contributed by atoms with Crippen LogP contribution in [0, 0.1) is 0 Å². The van der Waals surface area contributed by atoms with Crippen LogP contribution in [-0.2, 0) is 22.5 Å². The number of carbonyl (C=O) groups excluding carboxylic acids is 1. The standard InChI is InChI=1S/C24H26N4O4/c25-22(29)14-28-23(18-8-10-19(11-9-18)32-20-15-31-16-20)27-13-21(24(28)30)26-12-4-7-17-5-2-1-3-6-17/h1-3,5-6,8-11,13,20,26H,4,7,12,14-16H2,(H2,25,29). The summed E-state index contributed by atoms with van der Waals surface area (Å²) in [5.41, 5.74) is 7.34. The summed E-state index contributed by atoms with van der Waals surface area (Å²) in [6, 6.07) is 17.4. The Kier molecular flexibility index (Phi) is 6.81. The number of hydrogen-bond donors (Lipinski definition) is 2. The molecule has 8 nitrogen and oxygen atoms in total. The number of anilines is 1. The molecule has 0 radical (unpaired) electrons. The van der Waals surface area contributed by atoms with E-state index in [9.17, 15) is 9.59 Å². The molecule has 3 aromatic rings. The highest BCUT2D eigenvalue weighted by molar-refractivity contribution is 5.74. The van der Waals surface area contributed by atoms with E-state index in [1.807, 2.05) is 30.3 Å². The van der Waals surface area contributed by atoms with Crippen LogP contribution in [0.5, 0.6) is 5.75 Å². The van der Waals surface area contributed by atoms with E-state index in [-0.39, 0.29) is 18.2 Å². The summed E-state index contributed by atoms with van der Waals surface area (Å²) in [4.78, 5) is 29.1. The molecule has 4 rings (SSSR count). The van der Waals surface area contributed by atoms with E-state index >= 15 is 0 Å². The summed E-state index contributed by atoms with van der Waals surface area (Å²) >= 11 is 0. The highest BCUT2D eigenvalue weighted by Gasteiger charge is 2.20. The fourth-order valence-electron chi connectivity index (χ4n) is 3.46. The molecule has 1 aliphatic heterocycles. The van der Waals surface area contributed by atoms with E-state index in [1.54, 1.807) is 12.1 Å². The molecule has 0 unspecified atom stereocenters. The average Bonchev–Trinajstić information content (AvgIpc) is 2.77. The second kappa shape index (κ2) is 10.1. The first-order valence-corrected chi connectivity index (χ1v) is 10.6. The highest BCUT2D eigenvalue weighted by Crippen LogP contribution is 2.22. The molecule has 3 N–H and O–H groups in total. The molecule has 0 spiro atoms. The van der Waals surface area contributed by atoms with Gasteiger partial charge in [0.15, 0.2) is 0 Å². The van der Waals surface area contributed by atoms with Crippen LogP contribution < -0.4 is 21.3 Å². The van der Waals surface area contributed by atoms with E-state index in [0.29, 0.717) is 42.6 Å². The number of ether oxygens (including phenoxy) is 2. The van der Waals surface area contributed by atoms with E-state index in [2.05, 4.69) is 22.4 Å². The van der Waals surface area contributed by atoms with Crippen molar-refractivity contribution in [3.63, 3.8) is 0 Å². The quantitative estimate of drug-likeness (QED) is 0.474. The number of amides is 1. The van der Waals surface area contributed by atoms with Gasteiger partial charge in [0, 0.05) is 12.1 Å². The number of nitrogens with two attached hydrogens (primary N) is 1. The van der Waals surface area contributed by atoms with Crippen LogP contribution in [0.15, 0.2) is 65.6 Å². The lowest BCUT2D eigenvalue weighted by Gasteiger charge is -2.26. The molecule has 1 aromatic heterocycles. The molecular weight excluding hydrogens is 408 g/mol. The Balaban J connectivity index is 1.48. The van der Waals surface area contributed by atoms with E-state index in [1.165, 1.54) is 16.3 Å². The second-order valence-corrected chi connectivity index (χ2v) is 7.67. The Morgan fingerprint density at radius 1 is 1.16 bits per heavy atom. The van der Waals surface area contributed by atoms with Crippen LogP contribution in [-0.4, -0.2) is 41.3 Å². The Bertz CT molecular complexity index is 1110. The van der Waals surface area contributed by atoms with E-state index in [4.69, 9.17) is 15.2 Å². The minimum absolute atomic E-state index is 0.0688. The van der Waals surface area contributed by atoms with Gasteiger partial charge in [0.25, 0.3) is 5.56 Å². The average molecular weight is 434 g/mol. The lowest BCUT2D eigenvalue weighted by Crippen LogP contribution is -2.38. The van der Waals surface area contributed by atoms with Crippen LogP contribution >= 0.6 is 0 Å². The zero-order chi connectivity index (χ0) is 22.3. The third-order valence-corrected chi connectivity index (χ3v) is 5.18. The minimum Gasteiger partial charge on any atom is -0.486 e. The van der Waals surface area contributed by atoms with E-state index in [0.717, 1.165) is 12.8 Å². The maximum Gasteiger partial charge on any atom is 0.277 e. The summed E-state index contributed by atoms with van der Waals surface area (Å²) in [5.74, 6) is 0.478. The molecule has 1 fully saturated rings. The van der Waals surface area contributed by atoms with Gasteiger partial charge in [0.1, 0.15) is 29.9 Å². The van der Waals surface area contributed by atoms with Crippen LogP contribution in [0.1, 0.15) is 12.0 Å². The first-order chi connectivity index (χ1) is 15.6. The number of rotatable bonds is 10. The van der Waals surface area contributed by atoms with Crippen molar-refractivity contribution in [2.24, 2.45) is 5.73 Å². The Morgan fingerprint density at radius 2 is 1.91 bits per heavy atom. The van der Waals surface area contributed by atoms with E-state index < -0.39 is 5.91 Å². The number of aryl methyl sites for hydroxylation is 1. The van der Waals surface area contributed by atoms with Crippen LogP contribution in [0.25, 0.3) is 11.4 Å². The summed E-state index contributed by atoms with van der Waals surface area (Å²) in [5, 5.41) is 3.14. The molecule has 1 aliphatic rings. The molecule has 0 saturated carbocycles. The number of nitrogens with zero attached hydrogens (tertiary/aromatic N) is 2. The Morgan fingerprint density at radius 3 is 2.56 bits per heavy atom. The van der Waals surface area contributed by atoms with Crippen molar-refractivity contribution >= 4 is 11.6 Å². The van der Waals surface area contributed by atoms with Crippen molar-refractivity contribution in [2.45, 2.75) is 25.5 Å². The maximum absolute atomic E-state index is 13.0. The molecule has 2 aromatic carbocycles. The molecule has 0 aliphatic carbocycles. The van der Waals surface area contributed by atoms with Crippen LogP contribution in [0.3, 0.4) is 0 Å². The topological polar surface area (TPSA) is 108 Å². The molecule has 1 saturated heterocycles. The largest absolute Gasteiger partial charge is 0.486 e. The van der Waals surface area contributed by atoms with Gasteiger partial charge in [-0.25, -0.2) is 4.98 Å². The van der Waals surface area contributed by atoms with Gasteiger partial charge >= 0.3 is 0 Å². The van der Waals surface area contributed by atoms with Crippen molar-refractivity contribution in [3.05, 3.63) is 76.7 Å². The second-order valence-electron chi connectivity index (χ2n) is 7.67. The fraction of sp³-hybridized carbons (Fsp3) is 0.292. The van der Waals surface area contributed by atoms with Gasteiger partial charge in [0.05, 0.1) is 19.4 Å². The molecule has 0 atom stereocenters. The smallest absolute Gasteiger partial charge is 0.277 e. The van der Waals surface area contributed by atoms with Crippen molar-refractivity contribution in [2.75, 3.05) is 25.1 Å². The number of carbonyl (C=O) groups is 1.